The van der Waals surface area contributed by atoms with Gasteiger partial charge in [0.2, 0.25) is 10.0 Å². The van der Waals surface area contributed by atoms with Gasteiger partial charge in [-0.05, 0) is 12.8 Å². The van der Waals surface area contributed by atoms with Gasteiger partial charge in [0.15, 0.2) is 0 Å². The van der Waals surface area contributed by atoms with Gasteiger partial charge in [-0.1, -0.05) is 19.3 Å². The van der Waals surface area contributed by atoms with E-state index in [0.717, 1.165) is 19.1 Å². The van der Waals surface area contributed by atoms with E-state index in [0.29, 0.717) is 12.6 Å². The predicted molar refractivity (Wildman–Crippen MR) is 72.4 cm³/mol. The Bertz CT molecular complexity index is 381. The molecule has 1 saturated carbocycles. The van der Waals surface area contributed by atoms with E-state index in [-0.39, 0.29) is 12.6 Å². The molecule has 0 radical (unpaired) electrons. The first kappa shape index (κ1) is 15.2. The molecular weight excluding hydrogens is 268 g/mol. The second-order valence-electron chi connectivity index (χ2n) is 5.59. The zero-order valence-corrected chi connectivity index (χ0v) is 12.2. The number of hydrogen-bond acceptors (Lipinski definition) is 5. The molecule has 0 aromatic carbocycles. The van der Waals surface area contributed by atoms with E-state index in [1.807, 2.05) is 0 Å². The third-order valence-corrected chi connectivity index (χ3v) is 4.58. The van der Waals surface area contributed by atoms with Crippen LogP contribution in [0.1, 0.15) is 32.1 Å². The summed E-state index contributed by atoms with van der Waals surface area (Å²) >= 11 is 0. The van der Waals surface area contributed by atoms with Crippen molar-refractivity contribution in [3.8, 4) is 0 Å². The maximum atomic E-state index is 11.0. The van der Waals surface area contributed by atoms with Gasteiger partial charge in [0.25, 0.3) is 0 Å². The lowest BCUT2D eigenvalue weighted by Gasteiger charge is -2.27. The fourth-order valence-electron chi connectivity index (χ4n) is 2.82. The van der Waals surface area contributed by atoms with Crippen molar-refractivity contribution in [2.24, 2.45) is 0 Å². The van der Waals surface area contributed by atoms with Gasteiger partial charge in [-0.25, -0.2) is 13.1 Å². The van der Waals surface area contributed by atoms with Crippen molar-refractivity contribution in [3.63, 3.8) is 0 Å². The summed E-state index contributed by atoms with van der Waals surface area (Å²) in [5.41, 5.74) is 0. The van der Waals surface area contributed by atoms with E-state index < -0.39 is 22.2 Å². The topological polar surface area (TPSA) is 87.7 Å². The molecule has 1 heterocycles. The van der Waals surface area contributed by atoms with Crippen LogP contribution < -0.4 is 10.0 Å². The monoisotopic (exact) mass is 292 g/mol. The van der Waals surface area contributed by atoms with Crippen molar-refractivity contribution >= 4 is 10.0 Å². The van der Waals surface area contributed by atoms with Crippen LogP contribution in [0, 0.1) is 0 Å². The lowest BCUT2D eigenvalue weighted by Crippen LogP contribution is -2.48. The average Bonchev–Trinajstić information content (AvgIpc) is 2.69. The normalized spacial score (nSPS) is 33.7. The minimum atomic E-state index is -3.24. The molecule has 0 spiro atoms. The van der Waals surface area contributed by atoms with Gasteiger partial charge >= 0.3 is 0 Å². The number of rotatable bonds is 5. The van der Waals surface area contributed by atoms with Gasteiger partial charge in [-0.2, -0.15) is 0 Å². The van der Waals surface area contributed by atoms with E-state index in [4.69, 9.17) is 4.74 Å². The van der Waals surface area contributed by atoms with Gasteiger partial charge < -0.3 is 15.2 Å². The van der Waals surface area contributed by atoms with E-state index in [1.165, 1.54) is 19.3 Å². The highest BCUT2D eigenvalue weighted by Crippen LogP contribution is 2.21. The molecule has 0 amide bonds. The molecule has 2 fully saturated rings. The fourth-order valence-corrected chi connectivity index (χ4v) is 3.28. The molecule has 7 heteroatoms. The SMILES string of the molecule is CS(=O)(=O)NC[C@H]1OC[C@@H](NC2CCCCC2)[C@@H]1O. The first-order valence-corrected chi connectivity index (χ1v) is 8.85. The Labute approximate surface area is 115 Å². The summed E-state index contributed by atoms with van der Waals surface area (Å²) in [6.45, 7) is 0.566. The lowest BCUT2D eigenvalue weighted by atomic mass is 9.94. The highest BCUT2D eigenvalue weighted by atomic mass is 32.2. The second-order valence-corrected chi connectivity index (χ2v) is 7.42. The van der Waals surface area contributed by atoms with Crippen LogP contribution in [0.5, 0.6) is 0 Å². The first-order chi connectivity index (χ1) is 8.96. The van der Waals surface area contributed by atoms with Crippen molar-refractivity contribution in [3.05, 3.63) is 0 Å². The van der Waals surface area contributed by atoms with Crippen LogP contribution >= 0.6 is 0 Å². The summed E-state index contributed by atoms with van der Waals surface area (Å²) in [6.07, 6.45) is 6.05. The van der Waals surface area contributed by atoms with E-state index in [1.54, 1.807) is 0 Å². The van der Waals surface area contributed by atoms with Crippen LogP contribution in [0.25, 0.3) is 0 Å². The Morgan fingerprint density at radius 1 is 1.26 bits per heavy atom. The largest absolute Gasteiger partial charge is 0.389 e. The molecule has 19 heavy (non-hydrogen) atoms. The van der Waals surface area contributed by atoms with Crippen molar-refractivity contribution in [1.29, 1.82) is 0 Å². The van der Waals surface area contributed by atoms with Crippen molar-refractivity contribution in [2.45, 2.75) is 56.4 Å². The van der Waals surface area contributed by atoms with Gasteiger partial charge in [0.05, 0.1) is 31.1 Å². The lowest BCUT2D eigenvalue weighted by molar-refractivity contribution is 0.0439. The van der Waals surface area contributed by atoms with Crippen LogP contribution in [-0.4, -0.2) is 57.2 Å². The Kier molecular flexibility index (Phi) is 5.19. The zero-order valence-electron chi connectivity index (χ0n) is 11.3. The Morgan fingerprint density at radius 3 is 2.58 bits per heavy atom. The van der Waals surface area contributed by atoms with Gasteiger partial charge in [0.1, 0.15) is 0 Å². The van der Waals surface area contributed by atoms with Gasteiger partial charge in [-0.15, -0.1) is 0 Å². The summed E-state index contributed by atoms with van der Waals surface area (Å²) in [7, 11) is -3.24. The molecule has 2 aliphatic rings. The average molecular weight is 292 g/mol. The van der Waals surface area contributed by atoms with Crippen LogP contribution in [-0.2, 0) is 14.8 Å². The van der Waals surface area contributed by atoms with E-state index >= 15 is 0 Å². The minimum absolute atomic E-state index is 0.0885. The Hall–Kier alpha value is -0.210. The third-order valence-electron chi connectivity index (χ3n) is 3.88. The van der Waals surface area contributed by atoms with Crippen LogP contribution in [0.2, 0.25) is 0 Å². The zero-order chi connectivity index (χ0) is 13.9. The molecule has 2 rings (SSSR count). The van der Waals surface area contributed by atoms with Crippen molar-refractivity contribution in [2.75, 3.05) is 19.4 Å². The number of ether oxygens (including phenoxy) is 1. The standard InChI is InChI=1S/C12H24N2O4S/c1-19(16,17)13-7-11-12(15)10(8-18-11)14-9-5-3-2-4-6-9/h9-15H,2-8H2,1H3/t10-,11-,12+/m1/s1. The number of aliphatic hydroxyl groups is 1. The summed E-state index contributed by atoms with van der Waals surface area (Å²) in [6, 6.07) is 0.369. The molecule has 3 atom stereocenters. The predicted octanol–water partition coefficient (Wildman–Crippen LogP) is -0.414. The molecule has 6 nitrogen and oxygen atoms in total. The summed E-state index contributed by atoms with van der Waals surface area (Å²) in [5.74, 6) is 0. The third kappa shape index (κ3) is 4.68. The number of nitrogens with one attached hydrogen (secondary N) is 2. The summed E-state index contributed by atoms with van der Waals surface area (Å²) in [5, 5.41) is 13.6. The smallest absolute Gasteiger partial charge is 0.208 e. The molecular formula is C12H24N2O4S. The number of sulfonamides is 1. The van der Waals surface area contributed by atoms with Gasteiger partial charge in [-0.3, -0.25) is 0 Å². The van der Waals surface area contributed by atoms with E-state index in [2.05, 4.69) is 10.0 Å². The van der Waals surface area contributed by atoms with E-state index in [9.17, 15) is 13.5 Å². The van der Waals surface area contributed by atoms with Crippen molar-refractivity contribution < 1.29 is 18.3 Å². The molecule has 112 valence electrons. The first-order valence-electron chi connectivity index (χ1n) is 6.96. The quantitative estimate of drug-likeness (QED) is 0.641. The van der Waals surface area contributed by atoms with Crippen molar-refractivity contribution in [1.82, 2.24) is 10.0 Å². The highest BCUT2D eigenvalue weighted by Gasteiger charge is 2.37. The molecule has 1 aliphatic heterocycles. The maximum absolute atomic E-state index is 11.0. The van der Waals surface area contributed by atoms with Crippen LogP contribution in [0.15, 0.2) is 0 Å². The second kappa shape index (κ2) is 6.49. The molecule has 0 bridgehead atoms. The van der Waals surface area contributed by atoms with Gasteiger partial charge in [0, 0.05) is 12.6 Å². The molecule has 1 aliphatic carbocycles. The number of hydrogen-bond donors (Lipinski definition) is 3. The fraction of sp³-hybridized carbons (Fsp3) is 1.00. The van der Waals surface area contributed by atoms with Crippen LogP contribution in [0.4, 0.5) is 0 Å². The molecule has 0 unspecified atom stereocenters. The molecule has 1 saturated heterocycles. The molecule has 3 N–H and O–H groups in total. The Balaban J connectivity index is 1.78. The van der Waals surface area contributed by atoms with Crippen LogP contribution in [0.3, 0.4) is 0 Å². The minimum Gasteiger partial charge on any atom is -0.389 e. The number of aliphatic hydroxyl groups excluding tert-OH is 1. The summed E-state index contributed by atoms with van der Waals surface area (Å²) < 4.78 is 29.9. The molecule has 0 aromatic heterocycles. The summed E-state index contributed by atoms with van der Waals surface area (Å²) in [4.78, 5) is 0. The highest BCUT2D eigenvalue weighted by molar-refractivity contribution is 7.88. The maximum Gasteiger partial charge on any atom is 0.208 e. The molecule has 0 aromatic rings. The Morgan fingerprint density at radius 2 is 1.95 bits per heavy atom.